The lowest BCUT2D eigenvalue weighted by atomic mass is 9.97. The topological polar surface area (TPSA) is 397 Å². The fourth-order valence-corrected chi connectivity index (χ4v) is 9.29. The lowest BCUT2D eigenvalue weighted by molar-refractivity contribution is -0.147. The molecule has 3 fully saturated rings. The van der Waals surface area contributed by atoms with E-state index in [0.29, 0.717) is 18.8 Å². The standard InChI is InChI=1S/C49H78N8O17/c1-5-25(2)14-12-10-8-6-7-9-11-13-15-35(63)50-31-21-34(62)44(69)54-46(71)38-39(64)26(3)22-57(38)47(72)32(24-58)51-45(70)37(41(66)40(65)28-16-18-29(60)19-17-28)53-49(74)55-43(68)33-20-30(61)23-56(33)48(73)36(27(4)59)52-42(31)67/h16-19,25-27,30-34,36-41,44,58-62,64-66,69H,5-15,20-24H2,1-4H3,(H,50,63)(H,51,70)(H,52,67)(H,54,71)(H2,53,55,68,74)/t25?,26-,27+,30+,31-,32?,33-,34+,36-,37?,38?,39-,40?,41-,44+/m0/s1. The summed E-state index contributed by atoms with van der Waals surface area (Å²) in [6.45, 7) is 4.85. The molecule has 0 saturated carbocycles. The number of benzene rings is 1. The number of aliphatic hydroxyl groups excluding tert-OH is 8. The molecule has 15 N–H and O–H groups in total. The molecule has 3 saturated heterocycles. The molecule has 9 amide bonds. The van der Waals surface area contributed by atoms with E-state index in [1.54, 1.807) is 0 Å². The van der Waals surface area contributed by atoms with Crippen LogP contribution in [0, 0.1) is 11.8 Å². The number of carbonyl (C=O) groups is 8. The Labute approximate surface area is 429 Å². The molecule has 4 rings (SSSR count). The largest absolute Gasteiger partial charge is 0.508 e. The predicted molar refractivity (Wildman–Crippen MR) is 261 cm³/mol. The van der Waals surface area contributed by atoms with Gasteiger partial charge in [-0.05, 0) is 37.0 Å². The minimum atomic E-state index is -2.31. The van der Waals surface area contributed by atoms with Crippen LogP contribution in [0.3, 0.4) is 0 Å². The fraction of sp³-hybridized carbons (Fsp3) is 0.714. The number of phenolic OH excluding ortho intramolecular Hbond substituents is 1. The Morgan fingerprint density at radius 2 is 1.35 bits per heavy atom. The third-order valence-electron chi connectivity index (χ3n) is 14.0. The summed E-state index contributed by atoms with van der Waals surface area (Å²) in [4.78, 5) is 112. The third-order valence-corrected chi connectivity index (χ3v) is 14.0. The molecule has 74 heavy (non-hydrogen) atoms. The summed E-state index contributed by atoms with van der Waals surface area (Å²) >= 11 is 0. The average Bonchev–Trinajstić information content (AvgIpc) is 3.90. The van der Waals surface area contributed by atoms with Crippen LogP contribution in [0.2, 0.25) is 0 Å². The second kappa shape index (κ2) is 28.9. The number of imide groups is 1. The molecule has 3 aliphatic rings. The van der Waals surface area contributed by atoms with E-state index in [1.807, 2.05) is 10.6 Å². The van der Waals surface area contributed by atoms with Gasteiger partial charge in [-0.1, -0.05) is 90.7 Å². The van der Waals surface area contributed by atoms with Gasteiger partial charge in [-0.15, -0.1) is 0 Å². The molecule has 5 unspecified atom stereocenters. The zero-order valence-corrected chi connectivity index (χ0v) is 42.5. The van der Waals surface area contributed by atoms with Crippen LogP contribution in [0.5, 0.6) is 5.75 Å². The van der Waals surface area contributed by atoms with Crippen molar-refractivity contribution in [3.8, 4) is 5.75 Å². The van der Waals surface area contributed by atoms with Crippen LogP contribution in [0.25, 0.3) is 0 Å². The second-order valence-corrected chi connectivity index (χ2v) is 20.0. The van der Waals surface area contributed by atoms with Crippen LogP contribution in [0.15, 0.2) is 24.3 Å². The van der Waals surface area contributed by atoms with Crippen LogP contribution >= 0.6 is 0 Å². The zero-order chi connectivity index (χ0) is 55.0. The lowest BCUT2D eigenvalue weighted by Crippen LogP contribution is -2.63. The molecule has 25 nitrogen and oxygen atoms in total. The van der Waals surface area contributed by atoms with Crippen molar-refractivity contribution in [2.75, 3.05) is 19.7 Å². The summed E-state index contributed by atoms with van der Waals surface area (Å²) < 4.78 is 0. The number of unbranched alkanes of at least 4 members (excludes halogenated alkanes) is 7. The molecular formula is C49H78N8O17. The van der Waals surface area contributed by atoms with Crippen molar-refractivity contribution in [3.63, 3.8) is 0 Å². The fourth-order valence-electron chi connectivity index (χ4n) is 9.29. The van der Waals surface area contributed by atoms with E-state index in [0.717, 1.165) is 67.4 Å². The van der Waals surface area contributed by atoms with Gasteiger partial charge in [0.25, 0.3) is 5.91 Å². The highest BCUT2D eigenvalue weighted by Gasteiger charge is 2.49. The Bertz CT molecular complexity index is 2070. The third kappa shape index (κ3) is 17.0. The number of hydrogen-bond donors (Lipinski definition) is 15. The van der Waals surface area contributed by atoms with Gasteiger partial charge < -0.3 is 82.3 Å². The molecule has 15 atom stereocenters. The van der Waals surface area contributed by atoms with Gasteiger partial charge in [0.2, 0.25) is 35.4 Å². The summed E-state index contributed by atoms with van der Waals surface area (Å²) in [7, 11) is 0. The van der Waals surface area contributed by atoms with Crippen LogP contribution in [0.4, 0.5) is 4.79 Å². The highest BCUT2D eigenvalue weighted by atomic mass is 16.3. The monoisotopic (exact) mass is 1050 g/mol. The normalized spacial score (nSPS) is 29.7. The van der Waals surface area contributed by atoms with Crippen molar-refractivity contribution < 1.29 is 84.3 Å². The number of rotatable bonds is 18. The van der Waals surface area contributed by atoms with Crippen molar-refractivity contribution in [2.24, 2.45) is 11.8 Å². The van der Waals surface area contributed by atoms with Crippen LogP contribution < -0.4 is 31.9 Å². The molecular weight excluding hydrogens is 973 g/mol. The van der Waals surface area contributed by atoms with Gasteiger partial charge in [0.15, 0.2) is 6.23 Å². The van der Waals surface area contributed by atoms with E-state index in [2.05, 4.69) is 35.1 Å². The SMILES string of the molecule is CCC(C)CCCCCCCCCCC(=O)N[C@H]1C[C@@H](O)[C@@H](O)NC(=O)C2[C@@H](O)[C@@H](C)CN2C(=O)C(CO)NC(=O)C([C@H](O)C(O)c2ccc(O)cc2)NC(=O)NC(=O)[C@@H]2C[C@@H](O)CN2C(=O)[C@H]([C@@H](C)O)NC1=O. The molecule has 1 aromatic carbocycles. The highest BCUT2D eigenvalue weighted by Crippen LogP contribution is 2.27. The Morgan fingerprint density at radius 3 is 1.96 bits per heavy atom. The van der Waals surface area contributed by atoms with Crippen molar-refractivity contribution in [1.82, 2.24) is 41.7 Å². The molecule has 0 radical (unpaired) electrons. The minimum absolute atomic E-state index is 0.0710. The maximum absolute atomic E-state index is 14.2. The van der Waals surface area contributed by atoms with Gasteiger partial charge in [-0.25, -0.2) is 4.79 Å². The summed E-state index contributed by atoms with van der Waals surface area (Å²) in [5, 5.41) is 111. The molecule has 0 aliphatic carbocycles. The van der Waals surface area contributed by atoms with Crippen molar-refractivity contribution >= 4 is 47.4 Å². The Morgan fingerprint density at radius 1 is 0.730 bits per heavy atom. The quantitative estimate of drug-likeness (QED) is 0.0657. The number of nitrogens with zero attached hydrogens (tertiary/aromatic N) is 2. The number of fused-ring (bicyclic) bond motifs is 2. The van der Waals surface area contributed by atoms with Crippen LogP contribution in [-0.4, -0.2) is 196 Å². The summed E-state index contributed by atoms with van der Waals surface area (Å²) in [5.41, 5.74) is -0.0942. The van der Waals surface area contributed by atoms with Gasteiger partial charge in [0.1, 0.15) is 60.3 Å². The number of carbonyl (C=O) groups excluding carboxylic acids is 8. The first-order valence-corrected chi connectivity index (χ1v) is 25.6. The molecule has 3 aliphatic heterocycles. The van der Waals surface area contributed by atoms with E-state index in [1.165, 1.54) is 31.9 Å². The minimum Gasteiger partial charge on any atom is -0.508 e. The van der Waals surface area contributed by atoms with Crippen molar-refractivity contribution in [1.29, 1.82) is 0 Å². The van der Waals surface area contributed by atoms with Gasteiger partial charge in [0, 0.05) is 38.3 Å². The Kier molecular flexibility index (Phi) is 23.9. The molecule has 0 bridgehead atoms. The summed E-state index contributed by atoms with van der Waals surface area (Å²) in [6.07, 6.45) is -5.10. The Balaban J connectivity index is 1.64. The molecule has 0 aromatic heterocycles. The Hall–Kier alpha value is -5.54. The lowest BCUT2D eigenvalue weighted by Gasteiger charge is -2.32. The number of aliphatic hydroxyl groups is 8. The molecule has 0 spiro atoms. The first-order valence-electron chi connectivity index (χ1n) is 25.6. The predicted octanol–water partition coefficient (Wildman–Crippen LogP) is -2.88. The smallest absolute Gasteiger partial charge is 0.322 e. The van der Waals surface area contributed by atoms with Gasteiger partial charge in [-0.2, -0.15) is 0 Å². The average molecular weight is 1050 g/mol. The number of nitrogens with one attached hydrogen (secondary N) is 6. The van der Waals surface area contributed by atoms with E-state index < -0.39 is 158 Å². The summed E-state index contributed by atoms with van der Waals surface area (Å²) in [6, 6.07) is -8.40. The molecule has 3 heterocycles. The van der Waals surface area contributed by atoms with Gasteiger partial charge in [-0.3, -0.25) is 38.9 Å². The van der Waals surface area contributed by atoms with Crippen molar-refractivity contribution in [2.45, 2.75) is 190 Å². The maximum Gasteiger partial charge on any atom is 0.322 e. The van der Waals surface area contributed by atoms with Gasteiger partial charge in [0.05, 0.1) is 24.9 Å². The van der Waals surface area contributed by atoms with Crippen LogP contribution in [0.1, 0.15) is 123 Å². The maximum atomic E-state index is 14.2. The van der Waals surface area contributed by atoms with Crippen molar-refractivity contribution in [3.05, 3.63) is 29.8 Å². The second-order valence-electron chi connectivity index (χ2n) is 20.0. The zero-order valence-electron chi connectivity index (χ0n) is 42.5. The molecule has 1 aromatic rings. The highest BCUT2D eigenvalue weighted by molar-refractivity contribution is 6.02. The first-order chi connectivity index (χ1) is 35.0. The van der Waals surface area contributed by atoms with E-state index in [9.17, 15) is 84.3 Å². The molecule has 25 heteroatoms. The number of amides is 9. The molecule has 416 valence electrons. The number of aromatic hydroxyl groups is 1. The summed E-state index contributed by atoms with van der Waals surface area (Å²) in [5.74, 6) is -8.56. The van der Waals surface area contributed by atoms with E-state index in [-0.39, 0.29) is 24.3 Å². The van der Waals surface area contributed by atoms with E-state index >= 15 is 0 Å². The number of phenols is 1. The van der Waals surface area contributed by atoms with Crippen LogP contribution in [-0.2, 0) is 33.6 Å². The number of hydrogen-bond acceptors (Lipinski definition) is 17. The first kappa shape index (κ1) is 61.0. The van der Waals surface area contributed by atoms with E-state index in [4.69, 9.17) is 0 Å². The van der Waals surface area contributed by atoms with Gasteiger partial charge >= 0.3 is 6.03 Å². The number of urea groups is 1.